The first-order valence-corrected chi connectivity index (χ1v) is 9.19. The van der Waals surface area contributed by atoms with Crippen LogP contribution in [0.2, 0.25) is 10.0 Å². The van der Waals surface area contributed by atoms with Gasteiger partial charge in [0.2, 0.25) is 5.91 Å². The Labute approximate surface area is 174 Å². The number of carbonyl (C=O) groups excluding carboxylic acids is 2. The van der Waals surface area contributed by atoms with Gasteiger partial charge in [0.05, 0.1) is 5.02 Å². The number of hydrogen-bond acceptors (Lipinski definition) is 5. The van der Waals surface area contributed by atoms with E-state index in [0.717, 1.165) is 0 Å². The molecule has 4 rings (SSSR count). The van der Waals surface area contributed by atoms with Crippen LogP contribution in [0.25, 0.3) is 22.4 Å². The summed E-state index contributed by atoms with van der Waals surface area (Å²) in [4.78, 5) is 27.8. The topological polar surface area (TPSA) is 97.4 Å². The molecule has 9 heteroatoms. The van der Waals surface area contributed by atoms with Crippen LogP contribution in [0.15, 0.2) is 57.4 Å². The van der Waals surface area contributed by atoms with E-state index in [9.17, 15) is 9.59 Å². The van der Waals surface area contributed by atoms with Crippen LogP contribution in [0.1, 0.15) is 17.5 Å². The summed E-state index contributed by atoms with van der Waals surface area (Å²) in [5, 5.41) is 6.11. The fourth-order valence-electron chi connectivity index (χ4n) is 2.71. The molecule has 29 heavy (non-hydrogen) atoms. The molecular formula is C20H13Cl2N3O4. The Kier molecular flexibility index (Phi) is 5.00. The Morgan fingerprint density at radius 3 is 2.55 bits per heavy atom. The maximum atomic E-state index is 12.5. The van der Waals surface area contributed by atoms with Gasteiger partial charge in [-0.05, 0) is 42.5 Å². The number of nitrogens with zero attached hydrogens (tertiary/aromatic N) is 1. The van der Waals surface area contributed by atoms with Crippen molar-refractivity contribution in [2.75, 3.05) is 10.6 Å². The minimum atomic E-state index is -0.532. The van der Waals surface area contributed by atoms with E-state index in [1.54, 1.807) is 42.5 Å². The SMILES string of the molecule is CC(=O)Nc1ccc2nc(NC(=O)c3ccc(-c4ccc(Cl)cc4Cl)o3)oc2c1. The predicted octanol–water partition coefficient (Wildman–Crippen LogP) is 5.61. The van der Waals surface area contributed by atoms with Crippen LogP contribution >= 0.6 is 23.2 Å². The minimum absolute atomic E-state index is 0.00690. The second kappa shape index (κ2) is 7.62. The number of hydrogen-bond donors (Lipinski definition) is 2. The Balaban J connectivity index is 1.53. The van der Waals surface area contributed by atoms with Crippen LogP contribution in [0, 0.1) is 0 Å². The van der Waals surface area contributed by atoms with Crippen molar-refractivity contribution in [3.8, 4) is 11.3 Å². The molecule has 2 aromatic heterocycles. The molecule has 0 unspecified atom stereocenters. The highest BCUT2D eigenvalue weighted by molar-refractivity contribution is 6.36. The summed E-state index contributed by atoms with van der Waals surface area (Å²) in [6.07, 6.45) is 0. The van der Waals surface area contributed by atoms with E-state index in [2.05, 4.69) is 15.6 Å². The number of furan rings is 1. The third kappa shape index (κ3) is 4.11. The lowest BCUT2D eigenvalue weighted by Crippen LogP contribution is -2.10. The van der Waals surface area contributed by atoms with Crippen molar-refractivity contribution in [3.05, 3.63) is 64.3 Å². The summed E-state index contributed by atoms with van der Waals surface area (Å²) in [5.74, 6) is -0.247. The third-order valence-corrected chi connectivity index (χ3v) is 4.50. The van der Waals surface area contributed by atoms with Crippen molar-refractivity contribution < 1.29 is 18.4 Å². The van der Waals surface area contributed by atoms with Crippen LogP contribution in [0.5, 0.6) is 0 Å². The highest BCUT2D eigenvalue weighted by Gasteiger charge is 2.17. The molecular weight excluding hydrogens is 417 g/mol. The van der Waals surface area contributed by atoms with Gasteiger partial charge in [0.1, 0.15) is 11.3 Å². The number of carbonyl (C=O) groups is 2. The molecule has 2 heterocycles. The van der Waals surface area contributed by atoms with Crippen LogP contribution in [-0.2, 0) is 4.79 Å². The summed E-state index contributed by atoms with van der Waals surface area (Å²) >= 11 is 12.1. The second-order valence-corrected chi connectivity index (χ2v) is 6.97. The number of oxazole rings is 1. The molecule has 0 spiro atoms. The van der Waals surface area contributed by atoms with Gasteiger partial charge in [0, 0.05) is 29.3 Å². The van der Waals surface area contributed by atoms with Crippen molar-refractivity contribution >= 4 is 57.8 Å². The largest absolute Gasteiger partial charge is 0.451 e. The molecule has 2 aromatic carbocycles. The van der Waals surface area contributed by atoms with Crippen molar-refractivity contribution in [3.63, 3.8) is 0 Å². The molecule has 2 amide bonds. The molecule has 0 aliphatic rings. The van der Waals surface area contributed by atoms with Gasteiger partial charge >= 0.3 is 6.01 Å². The maximum absolute atomic E-state index is 12.5. The number of benzene rings is 2. The Bertz CT molecular complexity index is 1250. The van der Waals surface area contributed by atoms with E-state index in [-0.39, 0.29) is 17.7 Å². The minimum Gasteiger partial charge on any atom is -0.451 e. The van der Waals surface area contributed by atoms with Gasteiger partial charge in [0.15, 0.2) is 11.3 Å². The Morgan fingerprint density at radius 2 is 1.79 bits per heavy atom. The lowest BCUT2D eigenvalue weighted by molar-refractivity contribution is -0.114. The zero-order chi connectivity index (χ0) is 20.5. The number of aromatic nitrogens is 1. The molecule has 2 N–H and O–H groups in total. The third-order valence-electron chi connectivity index (χ3n) is 3.96. The molecule has 0 radical (unpaired) electrons. The van der Waals surface area contributed by atoms with Crippen LogP contribution in [0.3, 0.4) is 0 Å². The average Bonchev–Trinajstić information content (AvgIpc) is 3.27. The number of rotatable bonds is 4. The smallest absolute Gasteiger partial charge is 0.302 e. The molecule has 0 saturated heterocycles. The van der Waals surface area contributed by atoms with Gasteiger partial charge < -0.3 is 14.2 Å². The van der Waals surface area contributed by atoms with E-state index in [1.165, 1.54) is 13.0 Å². The van der Waals surface area contributed by atoms with E-state index >= 15 is 0 Å². The van der Waals surface area contributed by atoms with E-state index < -0.39 is 5.91 Å². The number of nitrogens with one attached hydrogen (secondary N) is 2. The van der Waals surface area contributed by atoms with E-state index in [4.69, 9.17) is 32.0 Å². The van der Waals surface area contributed by atoms with Crippen LogP contribution in [-0.4, -0.2) is 16.8 Å². The van der Waals surface area contributed by atoms with E-state index in [0.29, 0.717) is 38.2 Å². The van der Waals surface area contributed by atoms with Crippen molar-refractivity contribution in [2.45, 2.75) is 6.92 Å². The van der Waals surface area contributed by atoms with Gasteiger partial charge in [-0.25, -0.2) is 0 Å². The summed E-state index contributed by atoms with van der Waals surface area (Å²) in [6.45, 7) is 1.41. The normalized spacial score (nSPS) is 10.9. The molecule has 0 aliphatic heterocycles. The first kappa shape index (κ1) is 19.0. The lowest BCUT2D eigenvalue weighted by Gasteiger charge is -2.01. The summed E-state index contributed by atoms with van der Waals surface area (Å²) in [7, 11) is 0. The standard InChI is InChI=1S/C20H13Cl2N3O4/c1-10(26)23-12-3-5-15-18(9-12)29-20(24-15)25-19(27)17-7-6-16(28-17)13-4-2-11(21)8-14(13)22/h2-9H,1H3,(H,23,26)(H,24,25,27). The van der Waals surface area contributed by atoms with Gasteiger partial charge in [0.25, 0.3) is 5.91 Å². The molecule has 0 atom stereocenters. The first-order valence-electron chi connectivity index (χ1n) is 8.44. The van der Waals surface area contributed by atoms with Crippen molar-refractivity contribution in [1.29, 1.82) is 0 Å². The number of amides is 2. The monoisotopic (exact) mass is 429 g/mol. The lowest BCUT2D eigenvalue weighted by atomic mass is 10.2. The highest BCUT2D eigenvalue weighted by Crippen LogP contribution is 2.32. The quantitative estimate of drug-likeness (QED) is 0.439. The van der Waals surface area contributed by atoms with Gasteiger partial charge in [-0.1, -0.05) is 23.2 Å². The van der Waals surface area contributed by atoms with Gasteiger partial charge in [-0.3, -0.25) is 14.9 Å². The average molecular weight is 430 g/mol. The fourth-order valence-corrected chi connectivity index (χ4v) is 3.21. The summed E-state index contributed by atoms with van der Waals surface area (Å²) < 4.78 is 11.1. The first-order chi connectivity index (χ1) is 13.9. The van der Waals surface area contributed by atoms with E-state index in [1.807, 2.05) is 0 Å². The predicted molar refractivity (Wildman–Crippen MR) is 110 cm³/mol. The zero-order valence-corrected chi connectivity index (χ0v) is 16.5. The molecule has 146 valence electrons. The Morgan fingerprint density at radius 1 is 0.966 bits per heavy atom. The highest BCUT2D eigenvalue weighted by atomic mass is 35.5. The molecule has 7 nitrogen and oxygen atoms in total. The molecule has 0 fully saturated rings. The number of halogens is 2. The fraction of sp³-hybridized carbons (Fsp3) is 0.0500. The van der Waals surface area contributed by atoms with Crippen LogP contribution in [0.4, 0.5) is 11.7 Å². The maximum Gasteiger partial charge on any atom is 0.302 e. The summed E-state index contributed by atoms with van der Waals surface area (Å²) in [5.41, 5.74) is 2.12. The molecule has 4 aromatic rings. The molecule has 0 saturated carbocycles. The summed E-state index contributed by atoms with van der Waals surface area (Å²) in [6, 6.07) is 13.1. The van der Waals surface area contributed by atoms with Crippen molar-refractivity contribution in [2.24, 2.45) is 0 Å². The van der Waals surface area contributed by atoms with Crippen molar-refractivity contribution in [1.82, 2.24) is 4.98 Å². The number of anilines is 2. The molecule has 0 bridgehead atoms. The van der Waals surface area contributed by atoms with Crippen LogP contribution < -0.4 is 10.6 Å². The van der Waals surface area contributed by atoms with Gasteiger partial charge in [-0.15, -0.1) is 0 Å². The zero-order valence-electron chi connectivity index (χ0n) is 15.0. The number of fused-ring (bicyclic) bond motifs is 1. The molecule has 0 aliphatic carbocycles. The second-order valence-electron chi connectivity index (χ2n) is 6.12. The Hall–Kier alpha value is -3.29. The van der Waals surface area contributed by atoms with Gasteiger partial charge in [-0.2, -0.15) is 4.98 Å².